The van der Waals surface area contributed by atoms with Gasteiger partial charge < -0.3 is 10.2 Å². The summed E-state index contributed by atoms with van der Waals surface area (Å²) in [7, 11) is 0. The van der Waals surface area contributed by atoms with Gasteiger partial charge in [0.1, 0.15) is 0 Å². The molecule has 3 nitrogen and oxygen atoms in total. The summed E-state index contributed by atoms with van der Waals surface area (Å²) in [5.41, 5.74) is 2.93. The van der Waals surface area contributed by atoms with E-state index in [0.717, 1.165) is 22.0 Å². The fourth-order valence-electron chi connectivity index (χ4n) is 2.83. The van der Waals surface area contributed by atoms with Crippen LogP contribution >= 0.6 is 0 Å². The molecule has 22 heavy (non-hydrogen) atoms. The Balaban J connectivity index is 2.17. The lowest BCUT2D eigenvalue weighted by Gasteiger charge is -2.09. The van der Waals surface area contributed by atoms with Gasteiger partial charge in [0.2, 0.25) is 5.52 Å². The molecule has 2 aromatic carbocycles. The van der Waals surface area contributed by atoms with Crippen molar-refractivity contribution in [1.29, 1.82) is 0 Å². The first kappa shape index (κ1) is 12.7. The zero-order valence-electron chi connectivity index (χ0n) is 11.8. The Labute approximate surface area is 127 Å². The zero-order chi connectivity index (χ0) is 15.1. The maximum atomic E-state index is 10.2. The lowest BCUT2D eigenvalue weighted by molar-refractivity contribution is -0.510. The minimum Gasteiger partial charge on any atom is -0.504 e. The largest absolute Gasteiger partial charge is 0.504 e. The average molecular weight is 288 g/mol. The van der Waals surface area contributed by atoms with Crippen molar-refractivity contribution in [2.24, 2.45) is 0 Å². The van der Waals surface area contributed by atoms with Gasteiger partial charge in [-0.2, -0.15) is 4.40 Å². The number of phenols is 2. The van der Waals surface area contributed by atoms with Crippen molar-refractivity contribution >= 4 is 16.3 Å². The average Bonchev–Trinajstić information content (AvgIpc) is 2.57. The lowest BCUT2D eigenvalue weighted by Crippen LogP contribution is -2.19. The summed E-state index contributed by atoms with van der Waals surface area (Å²) in [4.78, 5) is 0. The van der Waals surface area contributed by atoms with E-state index in [4.69, 9.17) is 0 Å². The Kier molecular flexibility index (Phi) is 2.73. The molecule has 0 radical (unpaired) electrons. The Morgan fingerprint density at radius 2 is 1.55 bits per heavy atom. The van der Waals surface area contributed by atoms with Gasteiger partial charge in [-0.1, -0.05) is 30.3 Å². The first-order valence-electron chi connectivity index (χ1n) is 7.08. The van der Waals surface area contributed by atoms with E-state index in [9.17, 15) is 10.2 Å². The van der Waals surface area contributed by atoms with Gasteiger partial charge in [0.05, 0.1) is 5.39 Å². The van der Waals surface area contributed by atoms with Crippen molar-refractivity contribution in [2.45, 2.75) is 0 Å². The van der Waals surface area contributed by atoms with Gasteiger partial charge in [0.15, 0.2) is 23.9 Å². The van der Waals surface area contributed by atoms with Crippen molar-refractivity contribution in [1.82, 2.24) is 0 Å². The molecule has 4 rings (SSSR count). The number of nitrogens with zero attached hydrogens (tertiary/aromatic N) is 1. The highest BCUT2D eigenvalue weighted by Crippen LogP contribution is 2.40. The minimum atomic E-state index is -0.109. The number of aromatic nitrogens is 1. The van der Waals surface area contributed by atoms with Crippen molar-refractivity contribution in [3.8, 4) is 22.6 Å². The number of hydrogen-bond acceptors (Lipinski definition) is 2. The van der Waals surface area contributed by atoms with Gasteiger partial charge in [0.25, 0.3) is 0 Å². The molecule has 2 heterocycles. The number of pyridine rings is 2. The SMILES string of the molecule is Oc1cc(-c2ccccc2)c2cc3cccc[n+]3cc2c1O. The van der Waals surface area contributed by atoms with E-state index >= 15 is 0 Å². The lowest BCUT2D eigenvalue weighted by atomic mass is 9.98. The molecule has 0 fully saturated rings. The van der Waals surface area contributed by atoms with Gasteiger partial charge in [0, 0.05) is 23.6 Å². The highest BCUT2D eigenvalue weighted by Gasteiger charge is 2.16. The van der Waals surface area contributed by atoms with Crippen molar-refractivity contribution in [3.05, 3.63) is 73.1 Å². The molecule has 0 amide bonds. The molecule has 0 aliphatic carbocycles. The van der Waals surface area contributed by atoms with Crippen LogP contribution in [-0.4, -0.2) is 10.2 Å². The predicted molar refractivity (Wildman–Crippen MR) is 85.9 cm³/mol. The number of rotatable bonds is 1. The Morgan fingerprint density at radius 3 is 2.36 bits per heavy atom. The van der Waals surface area contributed by atoms with Gasteiger partial charge in [-0.25, -0.2) is 0 Å². The molecule has 0 saturated heterocycles. The molecule has 4 aromatic rings. The van der Waals surface area contributed by atoms with Crippen molar-refractivity contribution in [3.63, 3.8) is 0 Å². The molecule has 0 saturated carbocycles. The summed E-state index contributed by atoms with van der Waals surface area (Å²) < 4.78 is 1.93. The van der Waals surface area contributed by atoms with E-state index < -0.39 is 0 Å². The topological polar surface area (TPSA) is 44.6 Å². The van der Waals surface area contributed by atoms with Gasteiger partial charge in [-0.3, -0.25) is 0 Å². The zero-order valence-corrected chi connectivity index (χ0v) is 11.8. The maximum absolute atomic E-state index is 10.2. The molecule has 0 aliphatic rings. The Morgan fingerprint density at radius 1 is 0.773 bits per heavy atom. The quantitative estimate of drug-likeness (QED) is 0.319. The molecule has 0 spiro atoms. The highest BCUT2D eigenvalue weighted by atomic mass is 16.3. The monoisotopic (exact) mass is 288 g/mol. The summed E-state index contributed by atoms with van der Waals surface area (Å²) in [5, 5.41) is 21.8. The smallest absolute Gasteiger partial charge is 0.211 e. The number of hydrogen-bond donors (Lipinski definition) is 2. The molecule has 106 valence electrons. The van der Waals surface area contributed by atoms with Crippen LogP contribution in [0.2, 0.25) is 0 Å². The molecule has 2 aromatic heterocycles. The summed E-state index contributed by atoms with van der Waals surface area (Å²) in [6.07, 6.45) is 3.76. The van der Waals surface area contributed by atoms with Gasteiger partial charge in [-0.05, 0) is 23.3 Å². The van der Waals surface area contributed by atoms with Crippen LogP contribution in [0.15, 0.2) is 73.1 Å². The molecule has 0 unspecified atom stereocenters. The molecular formula is C19H14NO2+. The van der Waals surface area contributed by atoms with Crippen LogP contribution in [0.5, 0.6) is 11.5 Å². The number of benzene rings is 2. The summed E-state index contributed by atoms with van der Waals surface area (Å²) in [6, 6.07) is 19.4. The standard InChI is InChI=1S/C19H13NO2/c21-18-11-15(13-6-2-1-3-7-13)16-10-14-8-4-5-9-20(14)12-17(16)19(18)22/h1-12,21H/p+1. The Bertz CT molecular complexity index is 994. The third kappa shape index (κ3) is 1.87. The van der Waals surface area contributed by atoms with Gasteiger partial charge in [-0.15, -0.1) is 0 Å². The third-order valence-electron chi connectivity index (χ3n) is 3.93. The fraction of sp³-hybridized carbons (Fsp3) is 0. The first-order chi connectivity index (χ1) is 10.7. The van der Waals surface area contributed by atoms with Crippen LogP contribution in [-0.2, 0) is 0 Å². The van der Waals surface area contributed by atoms with E-state index in [0.29, 0.717) is 5.39 Å². The number of fused-ring (bicyclic) bond motifs is 2. The summed E-state index contributed by atoms with van der Waals surface area (Å²) in [6.45, 7) is 0. The summed E-state index contributed by atoms with van der Waals surface area (Å²) in [5.74, 6) is -0.199. The minimum absolute atomic E-state index is 0.0899. The molecule has 0 bridgehead atoms. The second kappa shape index (κ2) is 4.74. The molecule has 3 heteroatoms. The predicted octanol–water partition coefficient (Wildman–Crippen LogP) is 3.66. The van der Waals surface area contributed by atoms with Gasteiger partial charge >= 0.3 is 0 Å². The second-order valence-corrected chi connectivity index (χ2v) is 5.29. The molecular weight excluding hydrogens is 274 g/mol. The third-order valence-corrected chi connectivity index (χ3v) is 3.93. The van der Waals surface area contributed by atoms with Crippen molar-refractivity contribution < 1.29 is 14.6 Å². The van der Waals surface area contributed by atoms with E-state index in [1.165, 1.54) is 0 Å². The maximum Gasteiger partial charge on any atom is 0.211 e. The van der Waals surface area contributed by atoms with Crippen LogP contribution in [0.4, 0.5) is 0 Å². The van der Waals surface area contributed by atoms with Crippen molar-refractivity contribution in [2.75, 3.05) is 0 Å². The molecule has 2 N–H and O–H groups in total. The summed E-state index contributed by atoms with van der Waals surface area (Å²) >= 11 is 0. The van der Waals surface area contributed by atoms with Crippen LogP contribution < -0.4 is 4.40 Å². The number of aromatic hydroxyl groups is 2. The molecule has 0 atom stereocenters. The van der Waals surface area contributed by atoms with E-state index in [1.54, 1.807) is 6.07 Å². The van der Waals surface area contributed by atoms with E-state index in [1.807, 2.05) is 71.4 Å². The number of phenolic OH excluding ortho intramolecular Hbond substituents is 2. The molecule has 0 aliphatic heterocycles. The van der Waals surface area contributed by atoms with Crippen LogP contribution in [0, 0.1) is 0 Å². The first-order valence-corrected chi connectivity index (χ1v) is 7.08. The van der Waals surface area contributed by atoms with E-state index in [2.05, 4.69) is 0 Å². The van der Waals surface area contributed by atoms with Crippen LogP contribution in [0.25, 0.3) is 27.4 Å². The van der Waals surface area contributed by atoms with Crippen LogP contribution in [0.1, 0.15) is 0 Å². The van der Waals surface area contributed by atoms with Crippen LogP contribution in [0.3, 0.4) is 0 Å². The van der Waals surface area contributed by atoms with E-state index in [-0.39, 0.29) is 11.5 Å². The Hall–Kier alpha value is -3.07. The fourth-order valence-corrected chi connectivity index (χ4v) is 2.83. The normalized spacial score (nSPS) is 11.1. The second-order valence-electron chi connectivity index (χ2n) is 5.29. The highest BCUT2D eigenvalue weighted by molar-refractivity contribution is 6.02.